The summed E-state index contributed by atoms with van der Waals surface area (Å²) in [5.41, 5.74) is 1.63. The van der Waals surface area contributed by atoms with Gasteiger partial charge in [-0.1, -0.05) is 30.3 Å². The van der Waals surface area contributed by atoms with Crippen molar-refractivity contribution in [3.8, 4) is 11.5 Å². The summed E-state index contributed by atoms with van der Waals surface area (Å²) in [4.78, 5) is 48.5. The van der Waals surface area contributed by atoms with Crippen molar-refractivity contribution in [1.29, 1.82) is 0 Å². The zero-order chi connectivity index (χ0) is 28.1. The number of amides is 2. The molecule has 0 spiro atoms. The number of carbonyl (C=O) groups is 3. The van der Waals surface area contributed by atoms with Gasteiger partial charge >= 0.3 is 0 Å². The van der Waals surface area contributed by atoms with Crippen LogP contribution in [0.3, 0.4) is 0 Å². The molecular formula is C27H20IN2O8S-. The van der Waals surface area contributed by atoms with Crippen LogP contribution in [-0.2, 0) is 17.9 Å². The average Bonchev–Trinajstić information content (AvgIpc) is 3.16. The third-order valence-electron chi connectivity index (χ3n) is 5.51. The third kappa shape index (κ3) is 6.75. The Morgan fingerprint density at radius 2 is 1.82 bits per heavy atom. The molecule has 0 bridgehead atoms. The predicted molar refractivity (Wildman–Crippen MR) is 150 cm³/mol. The number of aromatic carboxylic acids is 1. The number of thioether (sulfide) groups is 1. The standard InChI is InChI=1S/C27H21IN2O8S/c1-2-37-22-12-18(11-21(28)24(22)38-15-17-6-3-7-19(9-17)26(32)33)13-23-25(31)29(27(34)39-23)14-16-5-4-8-20(10-16)30(35)36/h3-13H,2,14-15H2,1H3,(H,32,33)/p-1/b23-13+. The Balaban J connectivity index is 1.55. The molecule has 200 valence electrons. The molecule has 10 nitrogen and oxygen atoms in total. The average molecular weight is 659 g/mol. The molecule has 4 rings (SSSR count). The second-order valence-electron chi connectivity index (χ2n) is 8.23. The first kappa shape index (κ1) is 28.1. The Bertz CT molecular complexity index is 1510. The van der Waals surface area contributed by atoms with Crippen LogP contribution in [0.5, 0.6) is 11.5 Å². The van der Waals surface area contributed by atoms with Gasteiger partial charge in [0.05, 0.1) is 32.5 Å². The normalized spacial score (nSPS) is 14.1. The number of rotatable bonds is 10. The number of nitrogens with zero attached hydrogens (tertiary/aromatic N) is 2. The lowest BCUT2D eigenvalue weighted by atomic mass is 10.1. The van der Waals surface area contributed by atoms with E-state index >= 15 is 0 Å². The molecule has 0 N–H and O–H groups in total. The molecule has 2 amide bonds. The van der Waals surface area contributed by atoms with Crippen molar-refractivity contribution in [1.82, 2.24) is 4.90 Å². The molecule has 39 heavy (non-hydrogen) atoms. The fourth-order valence-corrected chi connectivity index (χ4v) is 5.38. The van der Waals surface area contributed by atoms with Gasteiger partial charge in [-0.25, -0.2) is 0 Å². The highest BCUT2D eigenvalue weighted by atomic mass is 127. The molecule has 3 aromatic carbocycles. The number of carboxylic acids is 1. The lowest BCUT2D eigenvalue weighted by Crippen LogP contribution is -2.27. The minimum absolute atomic E-state index is 0.0469. The molecule has 1 aliphatic rings. The van der Waals surface area contributed by atoms with E-state index in [1.807, 2.05) is 6.92 Å². The Labute approximate surface area is 240 Å². The lowest BCUT2D eigenvalue weighted by molar-refractivity contribution is -0.384. The van der Waals surface area contributed by atoms with Gasteiger partial charge in [0.15, 0.2) is 11.5 Å². The van der Waals surface area contributed by atoms with E-state index < -0.39 is 22.0 Å². The van der Waals surface area contributed by atoms with E-state index in [9.17, 15) is 29.6 Å². The van der Waals surface area contributed by atoms with Crippen LogP contribution >= 0.6 is 34.4 Å². The number of benzene rings is 3. The van der Waals surface area contributed by atoms with E-state index in [-0.39, 0.29) is 29.3 Å². The van der Waals surface area contributed by atoms with Gasteiger partial charge in [-0.2, -0.15) is 0 Å². The van der Waals surface area contributed by atoms with Gasteiger partial charge in [-0.3, -0.25) is 24.6 Å². The monoisotopic (exact) mass is 659 g/mol. The Kier molecular flexibility index (Phi) is 8.86. The van der Waals surface area contributed by atoms with Gasteiger partial charge in [0.25, 0.3) is 16.8 Å². The number of non-ortho nitro benzene ring substituents is 1. The summed E-state index contributed by atoms with van der Waals surface area (Å²) in [6.45, 7) is 2.16. The summed E-state index contributed by atoms with van der Waals surface area (Å²) in [5, 5.41) is 21.7. The smallest absolute Gasteiger partial charge is 0.293 e. The Hall–Kier alpha value is -3.91. The van der Waals surface area contributed by atoms with Crippen molar-refractivity contribution < 1.29 is 33.9 Å². The first-order chi connectivity index (χ1) is 18.7. The molecule has 0 atom stereocenters. The zero-order valence-corrected chi connectivity index (χ0v) is 23.4. The first-order valence-electron chi connectivity index (χ1n) is 11.5. The molecule has 12 heteroatoms. The fraction of sp³-hybridized carbons (Fsp3) is 0.148. The fourth-order valence-electron chi connectivity index (χ4n) is 3.76. The van der Waals surface area contributed by atoms with E-state index in [1.54, 1.807) is 36.4 Å². The maximum Gasteiger partial charge on any atom is 0.293 e. The van der Waals surface area contributed by atoms with Gasteiger partial charge in [0.2, 0.25) is 0 Å². The zero-order valence-electron chi connectivity index (χ0n) is 20.4. The van der Waals surface area contributed by atoms with E-state index in [1.165, 1.54) is 30.3 Å². The van der Waals surface area contributed by atoms with E-state index in [0.29, 0.717) is 38.4 Å². The quantitative estimate of drug-likeness (QED) is 0.130. The van der Waals surface area contributed by atoms with Crippen LogP contribution in [-0.4, -0.2) is 33.5 Å². The molecule has 0 aromatic heterocycles. The summed E-state index contributed by atoms with van der Waals surface area (Å²) in [7, 11) is 0. The third-order valence-corrected chi connectivity index (χ3v) is 7.22. The van der Waals surface area contributed by atoms with Crippen LogP contribution in [0.2, 0.25) is 0 Å². The van der Waals surface area contributed by atoms with Crippen LogP contribution < -0.4 is 14.6 Å². The van der Waals surface area contributed by atoms with Crippen molar-refractivity contribution in [2.45, 2.75) is 20.1 Å². The maximum atomic E-state index is 13.0. The second-order valence-corrected chi connectivity index (χ2v) is 10.4. The van der Waals surface area contributed by atoms with E-state index in [0.717, 1.165) is 16.7 Å². The molecule has 1 saturated heterocycles. The summed E-state index contributed by atoms with van der Waals surface area (Å²) in [6, 6.07) is 15.5. The Morgan fingerprint density at radius 3 is 2.54 bits per heavy atom. The van der Waals surface area contributed by atoms with Crippen molar-refractivity contribution in [3.05, 3.63) is 102 Å². The predicted octanol–water partition coefficient (Wildman–Crippen LogP) is 4.78. The van der Waals surface area contributed by atoms with E-state index in [2.05, 4.69) is 22.6 Å². The summed E-state index contributed by atoms with van der Waals surface area (Å²) < 4.78 is 12.4. The number of hydrogen-bond donors (Lipinski definition) is 0. The molecule has 0 radical (unpaired) electrons. The minimum atomic E-state index is -1.28. The van der Waals surface area contributed by atoms with Crippen molar-refractivity contribution in [3.63, 3.8) is 0 Å². The lowest BCUT2D eigenvalue weighted by Gasteiger charge is -2.15. The van der Waals surface area contributed by atoms with Crippen LogP contribution in [0.1, 0.15) is 34.0 Å². The minimum Gasteiger partial charge on any atom is -0.545 e. The molecule has 0 aliphatic carbocycles. The number of ether oxygens (including phenoxy) is 2. The van der Waals surface area contributed by atoms with Crippen LogP contribution in [0, 0.1) is 13.7 Å². The SMILES string of the molecule is CCOc1cc(/C=C2/SC(=O)N(Cc3cccc([N+](=O)[O-])c3)C2=O)cc(I)c1OCc1cccc(C(=O)[O-])c1. The highest BCUT2D eigenvalue weighted by Gasteiger charge is 2.35. The van der Waals surface area contributed by atoms with Gasteiger partial charge in [-0.15, -0.1) is 0 Å². The molecule has 0 saturated carbocycles. The first-order valence-corrected chi connectivity index (χ1v) is 13.4. The van der Waals surface area contributed by atoms with Gasteiger partial charge in [-0.05, 0) is 87.8 Å². The topological polar surface area (TPSA) is 139 Å². The van der Waals surface area contributed by atoms with Crippen molar-refractivity contribution in [2.75, 3.05) is 6.61 Å². The second kappa shape index (κ2) is 12.3. The highest BCUT2D eigenvalue weighted by Crippen LogP contribution is 2.38. The Morgan fingerprint density at radius 1 is 1.08 bits per heavy atom. The van der Waals surface area contributed by atoms with Crippen molar-refractivity contribution in [2.24, 2.45) is 0 Å². The molecular weight excluding hydrogens is 639 g/mol. The van der Waals surface area contributed by atoms with Gasteiger partial charge in [0.1, 0.15) is 6.61 Å². The summed E-state index contributed by atoms with van der Waals surface area (Å²) in [6.07, 6.45) is 1.58. The van der Waals surface area contributed by atoms with Gasteiger partial charge in [0, 0.05) is 12.1 Å². The van der Waals surface area contributed by atoms with E-state index in [4.69, 9.17) is 9.47 Å². The number of imide groups is 1. The van der Waals surface area contributed by atoms with Crippen molar-refractivity contribution >= 4 is 63.2 Å². The van der Waals surface area contributed by atoms with Crippen LogP contribution in [0.4, 0.5) is 10.5 Å². The number of nitro groups is 1. The van der Waals surface area contributed by atoms with Crippen LogP contribution in [0.25, 0.3) is 6.08 Å². The van der Waals surface area contributed by atoms with Gasteiger partial charge < -0.3 is 19.4 Å². The number of carboxylic acid groups (broad SMARTS) is 1. The molecule has 3 aromatic rings. The molecule has 1 fully saturated rings. The largest absolute Gasteiger partial charge is 0.545 e. The maximum absolute atomic E-state index is 13.0. The van der Waals surface area contributed by atoms with Crippen LogP contribution in [0.15, 0.2) is 65.6 Å². The molecule has 1 aliphatic heterocycles. The molecule has 1 heterocycles. The number of hydrogen-bond acceptors (Lipinski definition) is 9. The number of halogens is 1. The highest BCUT2D eigenvalue weighted by molar-refractivity contribution is 14.1. The number of nitro benzene ring substituents is 1. The number of carbonyl (C=O) groups excluding carboxylic acids is 3. The summed E-state index contributed by atoms with van der Waals surface area (Å²) in [5.74, 6) is -0.910. The molecule has 0 unspecified atom stereocenters. The summed E-state index contributed by atoms with van der Waals surface area (Å²) >= 11 is 2.86.